The first-order valence-electron chi connectivity index (χ1n) is 20.4. The van der Waals surface area contributed by atoms with Crippen LogP contribution in [0, 0.1) is 26.0 Å². The summed E-state index contributed by atoms with van der Waals surface area (Å²) < 4.78 is 30.6. The van der Waals surface area contributed by atoms with Gasteiger partial charge in [0.1, 0.15) is 13.9 Å². The first kappa shape index (κ1) is 33.0. The first-order valence-corrected chi connectivity index (χ1v) is 20.9. The molecular weight excluding hydrogens is 892 g/mol. The van der Waals surface area contributed by atoms with Crippen LogP contribution in [-0.4, -0.2) is 26.8 Å². The Hall–Kier alpha value is -6.13. The van der Waals surface area contributed by atoms with E-state index in [4.69, 9.17) is 9.10 Å². The second-order valence-electron chi connectivity index (χ2n) is 14.4. The monoisotopic (exact) mass is 933 g/mol. The number of hydrogen-bond acceptors (Lipinski definition) is 1. The quantitative estimate of drug-likeness (QED) is 0.0892. The molecule has 0 N–H and O–H groups in total. The van der Waals surface area contributed by atoms with E-state index in [0.717, 1.165) is 54.8 Å². The Bertz CT molecular complexity index is 3130. The number of rotatable bonds is 7. The van der Waals surface area contributed by atoms with E-state index < -0.39 is 15.0 Å². The second kappa shape index (κ2) is 14.7. The second-order valence-corrected chi connectivity index (χ2v) is 18.2. The molecule has 0 saturated carbocycles. The molecule has 278 valence electrons. The van der Waals surface area contributed by atoms with E-state index in [1.54, 1.807) is 6.33 Å². The maximum absolute atomic E-state index is 8.34. The van der Waals surface area contributed by atoms with Crippen molar-refractivity contribution in [2.24, 2.45) is 6.98 Å². The van der Waals surface area contributed by atoms with Crippen molar-refractivity contribution >= 4 is 61.7 Å². The van der Waals surface area contributed by atoms with Crippen LogP contribution in [0.4, 0.5) is 0 Å². The van der Waals surface area contributed by atoms with E-state index in [-0.39, 0.29) is 21.1 Å². The average molecular weight is 934 g/mol. The van der Waals surface area contributed by atoms with E-state index in [0.29, 0.717) is 5.52 Å². The van der Waals surface area contributed by atoms with E-state index in [9.17, 15) is 0 Å². The molecule has 0 radical (unpaired) electrons. The molecule has 0 fully saturated rings. The van der Waals surface area contributed by atoms with Gasteiger partial charge in [0.05, 0.1) is 0 Å². The van der Waals surface area contributed by atoms with Crippen LogP contribution in [0.25, 0.3) is 55.5 Å². The summed E-state index contributed by atoms with van der Waals surface area (Å²) in [5.41, 5.74) is 8.96. The van der Waals surface area contributed by atoms with Crippen LogP contribution in [0.5, 0.6) is 0 Å². The molecule has 0 atom stereocenters. The van der Waals surface area contributed by atoms with Gasteiger partial charge in [0.2, 0.25) is 0 Å². The minimum absolute atomic E-state index is 0. The molecule has 0 aliphatic heterocycles. The van der Waals surface area contributed by atoms with E-state index in [1.165, 1.54) is 31.6 Å². The van der Waals surface area contributed by atoms with Crippen molar-refractivity contribution in [2.75, 3.05) is 0 Å². The van der Waals surface area contributed by atoms with Gasteiger partial charge in [0.15, 0.2) is 17.4 Å². The third-order valence-corrected chi connectivity index (χ3v) is 15.8. The van der Waals surface area contributed by atoms with Crippen molar-refractivity contribution < 1.29 is 25.2 Å². The number of aromatic nitrogens is 4. The van der Waals surface area contributed by atoms with Crippen molar-refractivity contribution in [3.05, 3.63) is 206 Å². The number of fused-ring (bicyclic) bond motifs is 4. The van der Waals surface area contributed by atoms with Crippen LogP contribution in [0.2, 0.25) is 0 Å². The molecule has 0 amide bonds. The smallest absolute Gasteiger partial charge is 0.188 e. The van der Waals surface area contributed by atoms with Gasteiger partial charge in [0.25, 0.3) is 0 Å². The van der Waals surface area contributed by atoms with E-state index >= 15 is 0 Å². The predicted molar refractivity (Wildman–Crippen MR) is 235 cm³/mol. The Morgan fingerprint density at radius 1 is 0.596 bits per heavy atom. The molecule has 10 rings (SSSR count). The zero-order chi connectivity index (χ0) is 40.3. The summed E-state index contributed by atoms with van der Waals surface area (Å²) in [6.07, 6.45) is 3.59. The van der Waals surface area contributed by atoms with Crippen molar-refractivity contribution in [2.45, 2.75) is 13.8 Å². The normalized spacial score (nSPS) is 12.6. The molecule has 3 heterocycles. The van der Waals surface area contributed by atoms with Gasteiger partial charge in [-0.3, -0.25) is 0 Å². The summed E-state index contributed by atoms with van der Waals surface area (Å²) in [5, 5.41) is 6.69. The molecule has 0 unspecified atom stereocenters. The Morgan fingerprint density at radius 3 is 1.95 bits per heavy atom. The van der Waals surface area contributed by atoms with Gasteiger partial charge in [-0.2, -0.15) is 35.5 Å². The van der Waals surface area contributed by atoms with Crippen LogP contribution >= 0.6 is 0 Å². The van der Waals surface area contributed by atoms with Crippen molar-refractivity contribution in [1.82, 2.24) is 18.7 Å². The SMILES string of the molecule is [2H]C([2H])([2H])n1[cH+]n(-c2[c-]c([Si](c3[c-]c4c(cc3)c3ccccc3n4-c3cc(-c4c(C)cccc4C)ccn3)(c3ccccc3)c3ccccc3)ccc2)c2ccccc21.[Pt]. The Kier molecular flexibility index (Phi) is 8.55. The zero-order valence-electron chi connectivity index (χ0n) is 34.4. The number of nitrogens with zero attached hydrogens (tertiary/aromatic N) is 4. The molecule has 6 heteroatoms. The number of para-hydroxylation sites is 3. The summed E-state index contributed by atoms with van der Waals surface area (Å²) >= 11 is 0. The molecule has 0 aliphatic rings. The van der Waals surface area contributed by atoms with Crippen LogP contribution in [0.1, 0.15) is 15.2 Å². The van der Waals surface area contributed by atoms with Gasteiger partial charge in [-0.15, -0.1) is 22.7 Å². The van der Waals surface area contributed by atoms with Gasteiger partial charge in [-0.25, -0.2) is 14.1 Å². The van der Waals surface area contributed by atoms with Gasteiger partial charge in [0, 0.05) is 61.7 Å². The van der Waals surface area contributed by atoms with Gasteiger partial charge in [-0.1, -0.05) is 103 Å². The van der Waals surface area contributed by atoms with Crippen LogP contribution in [0.15, 0.2) is 182 Å². The summed E-state index contributed by atoms with van der Waals surface area (Å²) in [5.74, 6) is 0.826. The Labute approximate surface area is 352 Å². The maximum atomic E-state index is 8.34. The average Bonchev–Trinajstić information content (AvgIpc) is 3.82. The van der Waals surface area contributed by atoms with Crippen molar-refractivity contribution in [3.8, 4) is 22.6 Å². The summed E-state index contributed by atoms with van der Waals surface area (Å²) in [4.78, 5) is 5.03. The number of aryl methyl sites for hydroxylation is 3. The molecule has 0 bridgehead atoms. The molecular formula is C51H39N4PtSi-. The van der Waals surface area contributed by atoms with Crippen LogP contribution in [-0.2, 0) is 28.0 Å². The summed E-state index contributed by atoms with van der Waals surface area (Å²) in [6.45, 7) is 1.97. The fourth-order valence-electron chi connectivity index (χ4n) is 8.74. The Morgan fingerprint density at radius 2 is 1.23 bits per heavy atom. The van der Waals surface area contributed by atoms with Crippen LogP contribution < -0.4 is 20.7 Å². The van der Waals surface area contributed by atoms with Crippen LogP contribution in [0.3, 0.4) is 0 Å². The Balaban J connectivity index is 0.00000462. The summed E-state index contributed by atoms with van der Waals surface area (Å²) in [6, 6.07) is 67.2. The molecule has 0 aliphatic carbocycles. The number of hydrogen-bond donors (Lipinski definition) is 0. The van der Waals surface area contributed by atoms with Gasteiger partial charge >= 0.3 is 0 Å². The van der Waals surface area contributed by atoms with Gasteiger partial charge < -0.3 is 4.57 Å². The van der Waals surface area contributed by atoms with E-state index in [1.807, 2.05) is 41.1 Å². The molecule has 4 nitrogen and oxygen atoms in total. The third kappa shape index (κ3) is 5.92. The maximum Gasteiger partial charge on any atom is 0.188 e. The first-order chi connectivity index (χ1) is 28.7. The van der Waals surface area contributed by atoms with Gasteiger partial charge in [-0.05, 0) is 82.2 Å². The fraction of sp³-hybridized carbons (Fsp3) is 0.0588. The standard InChI is InChI=1S/C51H39N4Si.Pt/c1-36-16-14-17-37(2)51(36)38-30-31-52-50(32-38)55-46-25-11-10-24-44(46)45-29-28-43(34-49(45)55)56(40-19-6-4-7-20-40,41-21-8-5-9-22-41)42-23-15-18-39(33-42)54-35-53(3)47-26-12-13-27-48(47)54;/h4-32,35H,1-3H3;/q-1;/i3D3;. The zero-order valence-corrected chi connectivity index (χ0v) is 34.7. The number of imidazole rings is 1. The number of pyridine rings is 1. The fourth-order valence-corrected chi connectivity index (χ4v) is 13.3. The molecule has 57 heavy (non-hydrogen) atoms. The molecule has 7 aromatic carbocycles. The minimum atomic E-state index is -3.21. The minimum Gasteiger partial charge on any atom is -0.319 e. The largest absolute Gasteiger partial charge is 0.319 e. The summed E-state index contributed by atoms with van der Waals surface area (Å²) in [7, 11) is -3.21. The predicted octanol–water partition coefficient (Wildman–Crippen LogP) is 9.00. The number of benzene rings is 7. The molecule has 10 aromatic rings. The van der Waals surface area contributed by atoms with Crippen molar-refractivity contribution in [1.29, 1.82) is 0 Å². The van der Waals surface area contributed by atoms with Crippen molar-refractivity contribution in [3.63, 3.8) is 0 Å². The molecule has 3 aromatic heterocycles. The molecule has 0 spiro atoms. The topological polar surface area (TPSA) is 27.7 Å². The molecule has 0 saturated heterocycles. The van der Waals surface area contributed by atoms with E-state index in [2.05, 4.69) is 170 Å². The third-order valence-electron chi connectivity index (χ3n) is 11.2.